The maximum absolute atomic E-state index is 12.9. The van der Waals surface area contributed by atoms with Crippen LogP contribution >= 0.6 is 11.6 Å². The highest BCUT2D eigenvalue weighted by Crippen LogP contribution is 2.30. The number of benzene rings is 2. The van der Waals surface area contributed by atoms with Crippen LogP contribution in [0.5, 0.6) is 0 Å². The Morgan fingerprint density at radius 1 is 0.957 bits per heavy atom. The van der Waals surface area contributed by atoms with Gasteiger partial charge in [-0.25, -0.2) is 9.97 Å². The molecule has 0 atom stereocenters. The molecule has 0 radical (unpaired) electrons. The highest BCUT2D eigenvalue weighted by Gasteiger charge is 2.35. The van der Waals surface area contributed by atoms with E-state index in [0.29, 0.717) is 17.0 Å². The van der Waals surface area contributed by atoms with Crippen LogP contribution in [0.1, 0.15) is 11.4 Å². The van der Waals surface area contributed by atoms with Crippen molar-refractivity contribution in [2.24, 2.45) is 0 Å². The molecule has 0 aliphatic carbocycles. The van der Waals surface area contributed by atoms with Gasteiger partial charge in [-0.05, 0) is 29.8 Å². The van der Waals surface area contributed by atoms with Gasteiger partial charge in [-0.3, -0.25) is 0 Å². The second-order valence-electron chi connectivity index (χ2n) is 4.89. The Morgan fingerprint density at radius 3 is 2.35 bits per heavy atom. The van der Waals surface area contributed by atoms with Crippen LogP contribution < -0.4 is 5.32 Å². The molecular weight excluding hydrogens is 327 g/mol. The predicted octanol–water partition coefficient (Wildman–Crippen LogP) is 4.91. The Kier molecular flexibility index (Phi) is 4.09. The first-order valence-corrected chi connectivity index (χ1v) is 7.13. The number of hydrogen-bond donors (Lipinski definition) is 1. The number of halogens is 4. The molecule has 3 aromatic rings. The van der Waals surface area contributed by atoms with E-state index < -0.39 is 12.0 Å². The largest absolute Gasteiger partial charge is 0.451 e. The lowest BCUT2D eigenvalue weighted by Gasteiger charge is -2.12. The Morgan fingerprint density at radius 2 is 1.65 bits per heavy atom. The van der Waals surface area contributed by atoms with Crippen molar-refractivity contribution in [2.45, 2.75) is 12.7 Å². The van der Waals surface area contributed by atoms with Gasteiger partial charge in [-0.2, -0.15) is 13.2 Å². The van der Waals surface area contributed by atoms with Gasteiger partial charge in [0.05, 0.1) is 5.52 Å². The first kappa shape index (κ1) is 15.6. The van der Waals surface area contributed by atoms with E-state index in [4.69, 9.17) is 11.6 Å². The van der Waals surface area contributed by atoms with Gasteiger partial charge >= 0.3 is 6.18 Å². The molecule has 0 unspecified atom stereocenters. The molecule has 2 aromatic carbocycles. The van der Waals surface area contributed by atoms with E-state index in [-0.39, 0.29) is 11.3 Å². The highest BCUT2D eigenvalue weighted by molar-refractivity contribution is 6.30. The number of aromatic nitrogens is 2. The third-order valence-electron chi connectivity index (χ3n) is 3.23. The van der Waals surface area contributed by atoms with Crippen LogP contribution in [0.2, 0.25) is 5.02 Å². The standard InChI is InChI=1S/C16H11ClF3N3/c17-11-7-5-10(6-8-11)9-21-14-12-3-1-2-4-13(12)22-15(23-14)16(18,19)20/h1-8H,9H2,(H,21,22,23). The quantitative estimate of drug-likeness (QED) is 0.737. The number of fused-ring (bicyclic) bond motifs is 1. The topological polar surface area (TPSA) is 37.8 Å². The Labute approximate surface area is 135 Å². The molecule has 1 heterocycles. The van der Waals surface area contributed by atoms with E-state index in [1.54, 1.807) is 42.5 Å². The van der Waals surface area contributed by atoms with Crippen LogP contribution in [-0.4, -0.2) is 9.97 Å². The molecular formula is C16H11ClF3N3. The van der Waals surface area contributed by atoms with E-state index in [1.165, 1.54) is 6.07 Å². The van der Waals surface area contributed by atoms with E-state index in [9.17, 15) is 13.2 Å². The summed E-state index contributed by atoms with van der Waals surface area (Å²) in [4.78, 5) is 7.21. The van der Waals surface area contributed by atoms with Crippen LogP contribution in [0.3, 0.4) is 0 Å². The molecule has 0 bridgehead atoms. The molecule has 0 saturated carbocycles. The van der Waals surface area contributed by atoms with Crippen molar-refractivity contribution >= 4 is 28.3 Å². The second kappa shape index (κ2) is 6.04. The average molecular weight is 338 g/mol. The molecule has 7 heteroatoms. The van der Waals surface area contributed by atoms with Gasteiger partial charge in [-0.15, -0.1) is 0 Å². The van der Waals surface area contributed by atoms with Crippen molar-refractivity contribution in [2.75, 3.05) is 5.32 Å². The lowest BCUT2D eigenvalue weighted by atomic mass is 10.2. The predicted molar refractivity (Wildman–Crippen MR) is 83.3 cm³/mol. The van der Waals surface area contributed by atoms with Gasteiger partial charge in [0.2, 0.25) is 5.82 Å². The van der Waals surface area contributed by atoms with Gasteiger partial charge in [0, 0.05) is 17.0 Å². The number of anilines is 1. The van der Waals surface area contributed by atoms with E-state index in [0.717, 1.165) is 5.56 Å². The fourth-order valence-electron chi connectivity index (χ4n) is 2.13. The summed E-state index contributed by atoms with van der Waals surface area (Å²) < 4.78 is 38.8. The smallest absolute Gasteiger partial charge is 0.365 e. The summed E-state index contributed by atoms with van der Waals surface area (Å²) in [7, 11) is 0. The number of nitrogens with zero attached hydrogens (tertiary/aromatic N) is 2. The lowest BCUT2D eigenvalue weighted by molar-refractivity contribution is -0.144. The number of nitrogens with one attached hydrogen (secondary N) is 1. The zero-order valence-electron chi connectivity index (χ0n) is 11.7. The molecule has 23 heavy (non-hydrogen) atoms. The molecule has 3 nitrogen and oxygen atoms in total. The minimum absolute atomic E-state index is 0.151. The number of para-hydroxylation sites is 1. The van der Waals surface area contributed by atoms with Gasteiger partial charge < -0.3 is 5.32 Å². The highest BCUT2D eigenvalue weighted by atomic mass is 35.5. The third-order valence-corrected chi connectivity index (χ3v) is 3.48. The zero-order valence-corrected chi connectivity index (χ0v) is 12.5. The fraction of sp³-hybridized carbons (Fsp3) is 0.125. The van der Waals surface area contributed by atoms with Crippen LogP contribution in [0.4, 0.5) is 19.0 Å². The van der Waals surface area contributed by atoms with Crippen molar-refractivity contribution in [3.8, 4) is 0 Å². The molecule has 3 rings (SSSR count). The second-order valence-corrected chi connectivity index (χ2v) is 5.33. The molecule has 0 aliphatic heterocycles. The van der Waals surface area contributed by atoms with Crippen molar-refractivity contribution in [1.29, 1.82) is 0 Å². The molecule has 1 N–H and O–H groups in total. The molecule has 1 aromatic heterocycles. The lowest BCUT2D eigenvalue weighted by Crippen LogP contribution is -2.13. The summed E-state index contributed by atoms with van der Waals surface area (Å²) in [5.74, 6) is -1.01. The maximum Gasteiger partial charge on any atom is 0.451 e. The zero-order chi connectivity index (χ0) is 16.4. The number of alkyl halides is 3. The molecule has 0 amide bonds. The van der Waals surface area contributed by atoms with Crippen molar-refractivity contribution in [3.05, 3.63) is 64.9 Å². The van der Waals surface area contributed by atoms with Crippen molar-refractivity contribution in [3.63, 3.8) is 0 Å². The normalized spacial score (nSPS) is 11.7. The first-order chi connectivity index (χ1) is 10.9. The molecule has 0 spiro atoms. The third kappa shape index (κ3) is 3.53. The molecule has 118 valence electrons. The Bertz CT molecular complexity index is 832. The van der Waals surface area contributed by atoms with Crippen molar-refractivity contribution in [1.82, 2.24) is 9.97 Å². The summed E-state index contributed by atoms with van der Waals surface area (Å²) >= 11 is 5.81. The van der Waals surface area contributed by atoms with Crippen LogP contribution in [0, 0.1) is 0 Å². The summed E-state index contributed by atoms with van der Waals surface area (Å²) in [5.41, 5.74) is 1.12. The monoisotopic (exact) mass is 337 g/mol. The van der Waals surface area contributed by atoms with E-state index in [1.807, 2.05) is 0 Å². The summed E-state index contributed by atoms with van der Waals surface area (Å²) in [6.07, 6.45) is -4.60. The van der Waals surface area contributed by atoms with Crippen molar-refractivity contribution < 1.29 is 13.2 Å². The molecule has 0 fully saturated rings. The Hall–Kier alpha value is -2.34. The van der Waals surface area contributed by atoms with Gasteiger partial charge in [0.25, 0.3) is 0 Å². The fourth-order valence-corrected chi connectivity index (χ4v) is 2.25. The maximum atomic E-state index is 12.9. The van der Waals surface area contributed by atoms with Gasteiger partial charge in [-0.1, -0.05) is 35.9 Å². The number of hydrogen-bond acceptors (Lipinski definition) is 3. The summed E-state index contributed by atoms with van der Waals surface area (Å²) in [6.45, 7) is 0.329. The minimum Gasteiger partial charge on any atom is -0.365 e. The van der Waals surface area contributed by atoms with Crippen LogP contribution in [-0.2, 0) is 12.7 Å². The summed E-state index contributed by atoms with van der Waals surface area (Å²) in [5, 5.41) is 4.08. The first-order valence-electron chi connectivity index (χ1n) is 6.76. The van der Waals surface area contributed by atoms with Gasteiger partial charge in [0.1, 0.15) is 5.82 Å². The average Bonchev–Trinajstić information content (AvgIpc) is 2.53. The minimum atomic E-state index is -4.60. The molecule has 0 aliphatic rings. The van der Waals surface area contributed by atoms with Crippen LogP contribution in [0.15, 0.2) is 48.5 Å². The summed E-state index contributed by atoms with van der Waals surface area (Å²) in [6, 6.07) is 13.6. The van der Waals surface area contributed by atoms with E-state index >= 15 is 0 Å². The van der Waals surface area contributed by atoms with Crippen LogP contribution in [0.25, 0.3) is 10.9 Å². The SMILES string of the molecule is FC(F)(F)c1nc(NCc2ccc(Cl)cc2)c2ccccc2n1. The van der Waals surface area contributed by atoms with Gasteiger partial charge in [0.15, 0.2) is 0 Å². The van der Waals surface area contributed by atoms with E-state index in [2.05, 4.69) is 15.3 Å². The Balaban J connectivity index is 1.96. The number of rotatable bonds is 3. The molecule has 0 saturated heterocycles.